The molecule has 0 unspecified atom stereocenters. The third-order valence-corrected chi connectivity index (χ3v) is 11.4. The maximum atomic E-state index is 13.1. The van der Waals surface area contributed by atoms with Gasteiger partial charge in [0.05, 0.1) is 46.8 Å². The Morgan fingerprint density at radius 1 is 0.980 bits per heavy atom. The van der Waals surface area contributed by atoms with Gasteiger partial charge in [0.25, 0.3) is 5.56 Å². The normalized spacial score (nSPS) is 22.2. The zero-order valence-corrected chi connectivity index (χ0v) is 31.6. The average Bonchev–Trinajstić information content (AvgIpc) is 3.05. The molecule has 1 aromatic carbocycles. The number of hydrogen-bond acceptors (Lipinski definition) is 8. The van der Waals surface area contributed by atoms with E-state index in [9.17, 15) is 27.9 Å². The molecular formula is C35H46F3IN4O5S. The Labute approximate surface area is 304 Å². The molecule has 4 aliphatic rings. The molecule has 1 saturated carbocycles. The molecule has 270 valence electrons. The lowest BCUT2D eigenvalue weighted by atomic mass is 9.89. The minimum absolute atomic E-state index is 0.0198. The molecule has 1 amide bonds. The molecule has 1 N–H and O–H groups in total. The van der Waals surface area contributed by atoms with Crippen LogP contribution in [0, 0.1) is 0 Å². The number of alkyl halides is 3. The van der Waals surface area contributed by atoms with Crippen LogP contribution < -0.4 is 12.8 Å². The van der Waals surface area contributed by atoms with Crippen LogP contribution >= 0.6 is 34.8 Å². The highest BCUT2D eigenvalue weighted by molar-refractivity contribution is 14.1. The number of likely N-dealkylation sites (tertiary alicyclic amines) is 2. The van der Waals surface area contributed by atoms with Gasteiger partial charge in [0, 0.05) is 62.2 Å². The summed E-state index contributed by atoms with van der Waals surface area (Å²) in [5.74, 6) is -1.04. The standard InChI is InChI=1S/C33H40F3IN4O5S.C2H6/c1-32(2,44)20-4-9-28(26(16-20)27-19-38(3)30(42)29-25(27)12-15-47-41(29)37)46-22-7-5-21(6-8-22)40-17-24(18-40)45-23-10-13-39(14-11-23)31(43)33(34,35)36;1-2/h4,9,12,15-16,19,21-24,44H,5-8,10-11,13-14,17-18H2,1-3H3;1-2H3. The first-order valence-electron chi connectivity index (χ1n) is 17.0. The largest absolute Gasteiger partial charge is 0.490 e. The third kappa shape index (κ3) is 8.62. The number of fused-ring (bicyclic) bond motifs is 1. The molecule has 9 nitrogen and oxygen atoms in total. The Kier molecular flexibility index (Phi) is 12.0. The molecule has 0 spiro atoms. The number of anilines is 1. The number of amides is 1. The number of carbonyl (C=O) groups excluding carboxylic acids is 1. The number of benzene rings is 1. The molecule has 49 heavy (non-hydrogen) atoms. The van der Waals surface area contributed by atoms with Crippen LogP contribution in [0.4, 0.5) is 18.9 Å². The van der Waals surface area contributed by atoms with Crippen molar-refractivity contribution in [3.05, 3.63) is 51.3 Å². The van der Waals surface area contributed by atoms with E-state index in [-0.39, 0.29) is 37.0 Å². The topological polar surface area (TPSA) is 87.5 Å². The van der Waals surface area contributed by atoms with Gasteiger partial charge in [-0.2, -0.15) is 13.2 Å². The van der Waals surface area contributed by atoms with Crippen molar-refractivity contribution >= 4 is 52.5 Å². The van der Waals surface area contributed by atoms with E-state index < -0.39 is 17.7 Å². The van der Waals surface area contributed by atoms with Gasteiger partial charge in [-0.1, -0.05) is 19.9 Å². The maximum Gasteiger partial charge on any atom is 0.471 e. The van der Waals surface area contributed by atoms with Gasteiger partial charge >= 0.3 is 12.1 Å². The van der Waals surface area contributed by atoms with Crippen molar-refractivity contribution in [2.75, 3.05) is 28.7 Å². The van der Waals surface area contributed by atoms with Crippen LogP contribution in [0.3, 0.4) is 0 Å². The van der Waals surface area contributed by atoms with Crippen molar-refractivity contribution in [2.45, 2.75) is 102 Å². The van der Waals surface area contributed by atoms with Crippen molar-refractivity contribution in [2.24, 2.45) is 7.05 Å². The molecule has 4 heterocycles. The summed E-state index contributed by atoms with van der Waals surface area (Å²) in [5.41, 5.74) is 2.71. The third-order valence-electron chi connectivity index (χ3n) is 9.62. The summed E-state index contributed by atoms with van der Waals surface area (Å²) in [4.78, 5) is 27.9. The van der Waals surface area contributed by atoms with Crippen LogP contribution in [0.15, 0.2) is 34.6 Å². The fourth-order valence-electron chi connectivity index (χ4n) is 6.92. The molecular weight excluding hydrogens is 772 g/mol. The van der Waals surface area contributed by atoms with Crippen LogP contribution in [0.2, 0.25) is 0 Å². The Balaban J connectivity index is 0.00000230. The summed E-state index contributed by atoms with van der Waals surface area (Å²) in [6.07, 6.45) is 3.51. The number of piperidine rings is 1. The summed E-state index contributed by atoms with van der Waals surface area (Å²) in [5, 5.41) is 12.8. The minimum atomic E-state index is -4.83. The minimum Gasteiger partial charge on any atom is -0.490 e. The highest BCUT2D eigenvalue weighted by Crippen LogP contribution is 2.43. The zero-order chi connectivity index (χ0) is 35.7. The van der Waals surface area contributed by atoms with E-state index in [0.29, 0.717) is 30.3 Å². The molecule has 6 rings (SSSR count). The second-order valence-corrected chi connectivity index (χ2v) is 15.9. The van der Waals surface area contributed by atoms with E-state index in [1.165, 1.54) is 11.9 Å². The maximum absolute atomic E-state index is 13.1. The van der Waals surface area contributed by atoms with Crippen LogP contribution in [0.5, 0.6) is 5.75 Å². The van der Waals surface area contributed by atoms with Gasteiger partial charge < -0.3 is 24.0 Å². The zero-order valence-electron chi connectivity index (χ0n) is 28.6. The fourth-order valence-corrected chi connectivity index (χ4v) is 8.37. The van der Waals surface area contributed by atoms with Gasteiger partial charge in [-0.25, -0.2) is 2.52 Å². The van der Waals surface area contributed by atoms with Crippen molar-refractivity contribution in [1.29, 1.82) is 0 Å². The summed E-state index contributed by atoms with van der Waals surface area (Å²) in [7, 11) is 1.75. The van der Waals surface area contributed by atoms with E-state index in [1.54, 1.807) is 25.5 Å². The van der Waals surface area contributed by atoms with Crippen LogP contribution in [-0.4, -0.2) is 82.1 Å². The number of aliphatic hydroxyl groups is 1. The van der Waals surface area contributed by atoms with Gasteiger partial charge in [0.15, 0.2) is 0 Å². The molecule has 3 aliphatic heterocycles. The lowest BCUT2D eigenvalue weighted by Gasteiger charge is -2.47. The number of aromatic nitrogens is 1. The number of hydrogen-bond donors (Lipinski definition) is 1. The summed E-state index contributed by atoms with van der Waals surface area (Å²) < 4.78 is 54.5. The number of nitrogens with zero attached hydrogens (tertiary/aromatic N) is 4. The lowest BCUT2D eigenvalue weighted by molar-refractivity contribution is -0.189. The Hall–Kier alpha value is -2.27. The second-order valence-electron chi connectivity index (χ2n) is 13.4. The molecule has 0 radical (unpaired) electrons. The highest BCUT2D eigenvalue weighted by Gasteiger charge is 2.44. The lowest BCUT2D eigenvalue weighted by Crippen LogP contribution is -2.58. The number of halogens is 4. The van der Waals surface area contributed by atoms with E-state index in [2.05, 4.69) is 27.8 Å². The molecule has 2 aromatic rings. The molecule has 0 atom stereocenters. The summed E-state index contributed by atoms with van der Waals surface area (Å²) in [6.45, 7) is 9.26. The molecule has 0 bridgehead atoms. The summed E-state index contributed by atoms with van der Waals surface area (Å²) in [6, 6.07) is 6.21. The Morgan fingerprint density at radius 2 is 1.63 bits per heavy atom. The van der Waals surface area contributed by atoms with Gasteiger partial charge in [-0.3, -0.25) is 14.5 Å². The number of rotatable bonds is 7. The van der Waals surface area contributed by atoms with E-state index in [1.807, 2.05) is 52.2 Å². The van der Waals surface area contributed by atoms with Crippen molar-refractivity contribution in [3.63, 3.8) is 0 Å². The monoisotopic (exact) mass is 818 g/mol. The van der Waals surface area contributed by atoms with Crippen LogP contribution in [-0.2, 0) is 22.2 Å². The van der Waals surface area contributed by atoms with Gasteiger partial charge in [-0.05, 0) is 93.5 Å². The molecule has 1 aliphatic carbocycles. The number of ether oxygens (including phenoxy) is 2. The first-order valence-corrected chi connectivity index (χ1v) is 18.8. The van der Waals surface area contributed by atoms with Crippen molar-refractivity contribution < 1.29 is 32.5 Å². The smallest absolute Gasteiger partial charge is 0.471 e. The molecule has 14 heteroatoms. The fraction of sp³-hybridized carbons (Fsp3) is 0.600. The number of aryl methyl sites for hydroxylation is 1. The first kappa shape index (κ1) is 38.0. The number of pyridine rings is 1. The average molecular weight is 819 g/mol. The van der Waals surface area contributed by atoms with E-state index in [0.717, 1.165) is 65.9 Å². The van der Waals surface area contributed by atoms with Crippen molar-refractivity contribution in [1.82, 2.24) is 14.4 Å². The van der Waals surface area contributed by atoms with Gasteiger partial charge in [0.2, 0.25) is 0 Å². The second kappa shape index (κ2) is 15.5. The van der Waals surface area contributed by atoms with Crippen LogP contribution in [0.1, 0.15) is 77.3 Å². The molecule has 3 fully saturated rings. The van der Waals surface area contributed by atoms with Gasteiger partial charge in [-0.15, -0.1) is 0 Å². The highest BCUT2D eigenvalue weighted by atomic mass is 127. The van der Waals surface area contributed by atoms with Crippen molar-refractivity contribution in [3.8, 4) is 16.9 Å². The predicted molar refractivity (Wildman–Crippen MR) is 196 cm³/mol. The summed E-state index contributed by atoms with van der Waals surface area (Å²) >= 11 is 3.58. The van der Waals surface area contributed by atoms with Gasteiger partial charge in [0.1, 0.15) is 11.4 Å². The molecule has 1 aromatic heterocycles. The number of carbonyl (C=O) groups is 1. The van der Waals surface area contributed by atoms with E-state index in [4.69, 9.17) is 9.47 Å². The predicted octanol–water partition coefficient (Wildman–Crippen LogP) is 7.04. The first-order chi connectivity index (χ1) is 23.2. The SMILES string of the molecule is CC.Cn1cc(-c2cc(C(C)(C)O)ccc2OC2CCC(N3CC(OC4CCN(C(=O)C(F)(F)F)CC4)C3)CC2)c2c(c1=O)N(I)SC=C2. The van der Waals surface area contributed by atoms with Crippen LogP contribution in [0.25, 0.3) is 17.2 Å². The Bertz CT molecular complexity index is 1570. The Morgan fingerprint density at radius 3 is 2.24 bits per heavy atom. The molecule has 2 saturated heterocycles. The van der Waals surface area contributed by atoms with E-state index >= 15 is 0 Å². The quantitative estimate of drug-likeness (QED) is 0.181.